The minimum Gasteiger partial charge on any atom is -0.437 e. The predicted molar refractivity (Wildman–Crippen MR) is 83.3 cm³/mol. The Hall–Kier alpha value is -1.77. The summed E-state index contributed by atoms with van der Waals surface area (Å²) in [6.45, 7) is 0. The summed E-state index contributed by atoms with van der Waals surface area (Å²) in [4.78, 5) is 19.2. The quantitative estimate of drug-likeness (QED) is 0.367. The molecule has 0 unspecified atom stereocenters. The third-order valence-electron chi connectivity index (χ3n) is 2.61. The number of hydrogen-bond acceptors (Lipinski definition) is 6. The van der Waals surface area contributed by atoms with Gasteiger partial charge in [0.15, 0.2) is 5.75 Å². The molecule has 6 nitrogen and oxygen atoms in total. The van der Waals surface area contributed by atoms with Crippen molar-refractivity contribution in [2.45, 2.75) is 0 Å². The number of nitro groups is 1. The van der Waals surface area contributed by atoms with Crippen molar-refractivity contribution >= 4 is 54.8 Å². The third-order valence-corrected chi connectivity index (χ3v) is 4.38. The summed E-state index contributed by atoms with van der Waals surface area (Å²) >= 11 is 10.4. The summed E-state index contributed by atoms with van der Waals surface area (Å²) in [5.74, 6) is 0.541. The molecule has 0 atom stereocenters. The van der Waals surface area contributed by atoms with Crippen molar-refractivity contribution in [2.75, 3.05) is 0 Å². The van der Waals surface area contributed by atoms with Crippen LogP contribution < -0.4 is 4.74 Å². The first-order valence-electron chi connectivity index (χ1n) is 5.58. The van der Waals surface area contributed by atoms with E-state index in [1.165, 1.54) is 23.5 Å². The van der Waals surface area contributed by atoms with Gasteiger partial charge in [-0.2, -0.15) is 4.98 Å². The molecule has 3 rings (SSSR count). The zero-order chi connectivity index (χ0) is 15.0. The first-order valence-corrected chi connectivity index (χ1v) is 7.63. The molecular weight excluding hydrogens is 382 g/mol. The Labute approximate surface area is 135 Å². The molecule has 0 aliphatic rings. The summed E-state index contributed by atoms with van der Waals surface area (Å²) in [6, 6.07) is 6.32. The molecule has 106 valence electrons. The lowest BCUT2D eigenvalue weighted by Gasteiger charge is -2.08. The largest absolute Gasteiger partial charge is 0.437 e. The van der Waals surface area contributed by atoms with Gasteiger partial charge in [-0.25, -0.2) is 4.98 Å². The second-order valence-electron chi connectivity index (χ2n) is 3.89. The van der Waals surface area contributed by atoms with Crippen molar-refractivity contribution in [3.05, 3.63) is 49.5 Å². The molecular formula is C12H5BrClN3O3S. The Morgan fingerprint density at radius 1 is 1.33 bits per heavy atom. The van der Waals surface area contributed by atoms with Gasteiger partial charge >= 0.3 is 0 Å². The zero-order valence-corrected chi connectivity index (χ0v) is 13.3. The average Bonchev–Trinajstić information content (AvgIpc) is 2.88. The fraction of sp³-hybridized carbons (Fsp3) is 0. The summed E-state index contributed by atoms with van der Waals surface area (Å²) in [5.41, 5.74) is -0.0887. The van der Waals surface area contributed by atoms with Crippen LogP contribution in [0.1, 0.15) is 0 Å². The Bertz CT molecular complexity index is 855. The fourth-order valence-corrected chi connectivity index (χ4v) is 3.16. The summed E-state index contributed by atoms with van der Waals surface area (Å²) in [6.07, 6.45) is 0. The highest BCUT2D eigenvalue weighted by molar-refractivity contribution is 9.10. The number of rotatable bonds is 3. The van der Waals surface area contributed by atoms with E-state index in [0.29, 0.717) is 10.2 Å². The number of ether oxygens (including phenoxy) is 1. The maximum absolute atomic E-state index is 10.9. The number of nitrogens with zero attached hydrogens (tertiary/aromatic N) is 3. The molecule has 0 spiro atoms. The van der Waals surface area contributed by atoms with Crippen LogP contribution in [0.25, 0.3) is 10.2 Å². The number of nitro benzene ring substituents is 1. The molecule has 0 bridgehead atoms. The van der Waals surface area contributed by atoms with Gasteiger partial charge in [0.05, 0.1) is 10.3 Å². The van der Waals surface area contributed by atoms with Crippen molar-refractivity contribution in [3.63, 3.8) is 0 Å². The summed E-state index contributed by atoms with van der Waals surface area (Å²) in [7, 11) is 0. The molecule has 21 heavy (non-hydrogen) atoms. The Morgan fingerprint density at radius 3 is 2.90 bits per heavy atom. The number of halogens is 2. The minimum atomic E-state index is -0.496. The van der Waals surface area contributed by atoms with Gasteiger partial charge in [-0.1, -0.05) is 6.07 Å². The highest BCUT2D eigenvalue weighted by Gasteiger charge is 2.18. The van der Waals surface area contributed by atoms with E-state index in [1.54, 1.807) is 12.1 Å². The lowest BCUT2D eigenvalue weighted by Crippen LogP contribution is -1.94. The number of thiophene rings is 1. The Kier molecular flexibility index (Phi) is 3.75. The van der Waals surface area contributed by atoms with Gasteiger partial charge in [-0.05, 0) is 45.0 Å². The molecule has 2 aromatic heterocycles. The SMILES string of the molecule is O=[N+]([O-])c1cccc(Oc2nc(Cl)nc3sccc23)c1Br. The molecule has 0 amide bonds. The first kappa shape index (κ1) is 14.2. The monoisotopic (exact) mass is 385 g/mol. The molecule has 1 aromatic carbocycles. The van der Waals surface area contributed by atoms with Crippen LogP contribution in [0.3, 0.4) is 0 Å². The Balaban J connectivity index is 2.09. The topological polar surface area (TPSA) is 78.2 Å². The molecule has 0 saturated heterocycles. The molecule has 3 aromatic rings. The van der Waals surface area contributed by atoms with E-state index in [9.17, 15) is 10.1 Å². The van der Waals surface area contributed by atoms with Gasteiger partial charge in [0.25, 0.3) is 5.69 Å². The van der Waals surface area contributed by atoms with Crippen molar-refractivity contribution < 1.29 is 9.66 Å². The highest BCUT2D eigenvalue weighted by atomic mass is 79.9. The van der Waals surface area contributed by atoms with Crippen molar-refractivity contribution in [1.29, 1.82) is 0 Å². The van der Waals surface area contributed by atoms with Gasteiger partial charge in [0.1, 0.15) is 9.30 Å². The molecule has 9 heteroatoms. The van der Waals surface area contributed by atoms with Crippen molar-refractivity contribution in [3.8, 4) is 11.6 Å². The van der Waals surface area contributed by atoms with Gasteiger partial charge in [-0.15, -0.1) is 11.3 Å². The van der Waals surface area contributed by atoms with Gasteiger partial charge in [0, 0.05) is 6.07 Å². The van der Waals surface area contributed by atoms with E-state index in [2.05, 4.69) is 25.9 Å². The van der Waals surface area contributed by atoms with E-state index in [-0.39, 0.29) is 27.1 Å². The Morgan fingerprint density at radius 2 is 2.14 bits per heavy atom. The van der Waals surface area contributed by atoms with Crippen LogP contribution in [0.4, 0.5) is 5.69 Å². The number of fused-ring (bicyclic) bond motifs is 1. The van der Waals surface area contributed by atoms with Crippen LogP contribution in [-0.4, -0.2) is 14.9 Å². The van der Waals surface area contributed by atoms with Crippen molar-refractivity contribution in [1.82, 2.24) is 9.97 Å². The molecule has 2 heterocycles. The molecule has 0 fully saturated rings. The predicted octanol–water partition coefficient (Wildman–Crippen LogP) is 4.81. The fourth-order valence-electron chi connectivity index (χ4n) is 1.70. The summed E-state index contributed by atoms with van der Waals surface area (Å²) in [5, 5.41) is 13.5. The van der Waals surface area contributed by atoms with Crippen LogP contribution in [0.15, 0.2) is 34.1 Å². The van der Waals surface area contributed by atoms with E-state index in [4.69, 9.17) is 16.3 Å². The van der Waals surface area contributed by atoms with E-state index in [1.807, 2.05) is 5.38 Å². The number of hydrogen-bond donors (Lipinski definition) is 0. The third kappa shape index (κ3) is 2.69. The summed E-state index contributed by atoms with van der Waals surface area (Å²) < 4.78 is 5.92. The van der Waals surface area contributed by atoms with Gasteiger partial charge < -0.3 is 4.74 Å². The standard InChI is InChI=1S/C12H5BrClN3O3S/c13-9-7(17(18)19)2-1-3-8(9)20-10-6-4-5-21-11(6)16-12(14)15-10/h1-5H. The zero-order valence-electron chi connectivity index (χ0n) is 10.1. The smallest absolute Gasteiger partial charge is 0.287 e. The minimum absolute atomic E-state index is 0.0569. The second-order valence-corrected chi connectivity index (χ2v) is 5.91. The lowest BCUT2D eigenvalue weighted by atomic mass is 10.3. The number of benzene rings is 1. The van der Waals surface area contributed by atoms with E-state index in [0.717, 1.165) is 0 Å². The molecule has 0 aliphatic heterocycles. The average molecular weight is 387 g/mol. The van der Waals surface area contributed by atoms with Crippen LogP contribution in [-0.2, 0) is 0 Å². The lowest BCUT2D eigenvalue weighted by molar-refractivity contribution is -0.385. The second kappa shape index (κ2) is 5.55. The first-order chi connectivity index (χ1) is 10.1. The van der Waals surface area contributed by atoms with Crippen LogP contribution in [0, 0.1) is 10.1 Å². The molecule has 0 aliphatic carbocycles. The normalized spacial score (nSPS) is 10.8. The number of aromatic nitrogens is 2. The molecule has 0 saturated carbocycles. The van der Waals surface area contributed by atoms with Crippen LogP contribution in [0.5, 0.6) is 11.6 Å². The highest BCUT2D eigenvalue weighted by Crippen LogP contribution is 2.38. The van der Waals surface area contributed by atoms with Crippen molar-refractivity contribution in [2.24, 2.45) is 0 Å². The maximum atomic E-state index is 10.9. The molecule has 0 N–H and O–H groups in total. The van der Waals surface area contributed by atoms with Crippen LogP contribution >= 0.6 is 38.9 Å². The maximum Gasteiger partial charge on any atom is 0.287 e. The van der Waals surface area contributed by atoms with Crippen LogP contribution in [0.2, 0.25) is 5.28 Å². The van der Waals surface area contributed by atoms with Gasteiger partial charge in [0.2, 0.25) is 11.2 Å². The van der Waals surface area contributed by atoms with E-state index >= 15 is 0 Å². The van der Waals surface area contributed by atoms with Gasteiger partial charge in [-0.3, -0.25) is 10.1 Å². The molecule has 0 radical (unpaired) electrons. The van der Waals surface area contributed by atoms with E-state index < -0.39 is 4.92 Å².